The van der Waals surface area contributed by atoms with E-state index >= 15 is 0 Å². The lowest BCUT2D eigenvalue weighted by atomic mass is 9.79. The fourth-order valence-electron chi connectivity index (χ4n) is 3.58. The summed E-state index contributed by atoms with van der Waals surface area (Å²) in [5.74, 6) is 0.268. The van der Waals surface area contributed by atoms with Gasteiger partial charge in [-0.25, -0.2) is 4.98 Å². The summed E-state index contributed by atoms with van der Waals surface area (Å²) < 4.78 is 1.73. The second-order valence-corrected chi connectivity index (χ2v) is 5.92. The van der Waals surface area contributed by atoms with Gasteiger partial charge in [-0.3, -0.25) is 9.48 Å². The molecule has 0 unspecified atom stereocenters. The Balaban J connectivity index is 1.64. The van der Waals surface area contributed by atoms with Crippen LogP contribution >= 0.6 is 0 Å². The number of hydrogen-bond acceptors (Lipinski definition) is 4. The van der Waals surface area contributed by atoms with E-state index in [4.69, 9.17) is 0 Å². The SMILES string of the molecule is O=C(CCn1cncn1)N1CCNCC12CCCCC2. The molecule has 20 heavy (non-hydrogen) atoms. The first-order valence-electron chi connectivity index (χ1n) is 7.64. The molecule has 0 radical (unpaired) electrons. The Kier molecular flexibility index (Phi) is 4.00. The van der Waals surface area contributed by atoms with Crippen molar-refractivity contribution in [2.75, 3.05) is 19.6 Å². The maximum Gasteiger partial charge on any atom is 0.224 e. The third kappa shape index (κ3) is 2.70. The van der Waals surface area contributed by atoms with Crippen molar-refractivity contribution in [3.63, 3.8) is 0 Å². The molecule has 1 N–H and O–H groups in total. The van der Waals surface area contributed by atoms with Crippen LogP contribution in [0.3, 0.4) is 0 Å². The van der Waals surface area contributed by atoms with Crippen molar-refractivity contribution in [3.8, 4) is 0 Å². The molecular formula is C14H23N5O. The highest BCUT2D eigenvalue weighted by Gasteiger charge is 2.41. The monoisotopic (exact) mass is 277 g/mol. The van der Waals surface area contributed by atoms with Crippen molar-refractivity contribution in [1.82, 2.24) is 25.0 Å². The normalized spacial score (nSPS) is 22.1. The first-order valence-corrected chi connectivity index (χ1v) is 7.64. The second kappa shape index (κ2) is 5.91. The van der Waals surface area contributed by atoms with Crippen molar-refractivity contribution in [2.45, 2.75) is 50.6 Å². The molecule has 1 saturated heterocycles. The number of rotatable bonds is 3. The van der Waals surface area contributed by atoms with Crippen LogP contribution in [0.5, 0.6) is 0 Å². The lowest BCUT2D eigenvalue weighted by Gasteiger charge is -2.50. The number of carbonyl (C=O) groups excluding carboxylic acids is 1. The maximum absolute atomic E-state index is 12.6. The van der Waals surface area contributed by atoms with E-state index in [1.165, 1.54) is 25.6 Å². The smallest absolute Gasteiger partial charge is 0.224 e. The van der Waals surface area contributed by atoms with Crippen LogP contribution in [0.4, 0.5) is 0 Å². The molecule has 2 heterocycles. The number of amides is 1. The largest absolute Gasteiger partial charge is 0.334 e. The molecule has 0 bridgehead atoms. The molecule has 6 nitrogen and oxygen atoms in total. The average Bonchev–Trinajstić information content (AvgIpc) is 2.99. The Labute approximate surface area is 119 Å². The van der Waals surface area contributed by atoms with E-state index in [0.717, 1.165) is 32.5 Å². The minimum absolute atomic E-state index is 0.0793. The van der Waals surface area contributed by atoms with E-state index in [-0.39, 0.29) is 11.4 Å². The van der Waals surface area contributed by atoms with Gasteiger partial charge in [-0.15, -0.1) is 0 Å². The predicted molar refractivity (Wildman–Crippen MR) is 75.0 cm³/mol. The summed E-state index contributed by atoms with van der Waals surface area (Å²) in [5, 5.41) is 7.54. The summed E-state index contributed by atoms with van der Waals surface area (Å²) in [5.41, 5.74) is 0.0793. The zero-order valence-electron chi connectivity index (χ0n) is 11.9. The molecular weight excluding hydrogens is 254 g/mol. The topological polar surface area (TPSA) is 63.1 Å². The molecule has 0 atom stereocenters. The summed E-state index contributed by atoms with van der Waals surface area (Å²) in [4.78, 5) is 18.7. The Morgan fingerprint density at radius 3 is 2.90 bits per heavy atom. The summed E-state index contributed by atoms with van der Waals surface area (Å²) in [6, 6.07) is 0. The lowest BCUT2D eigenvalue weighted by molar-refractivity contribution is -0.141. The predicted octanol–water partition coefficient (Wildman–Crippen LogP) is 0.803. The molecule has 110 valence electrons. The van der Waals surface area contributed by atoms with Crippen LogP contribution < -0.4 is 5.32 Å². The van der Waals surface area contributed by atoms with Crippen LogP contribution in [-0.2, 0) is 11.3 Å². The van der Waals surface area contributed by atoms with Gasteiger partial charge in [-0.2, -0.15) is 5.10 Å². The van der Waals surface area contributed by atoms with Gasteiger partial charge in [-0.1, -0.05) is 19.3 Å². The van der Waals surface area contributed by atoms with Crippen LogP contribution in [0.2, 0.25) is 0 Å². The van der Waals surface area contributed by atoms with Crippen molar-refractivity contribution in [3.05, 3.63) is 12.7 Å². The summed E-state index contributed by atoms with van der Waals surface area (Å²) in [6.45, 7) is 3.34. The molecule has 1 spiro atoms. The fraction of sp³-hybridized carbons (Fsp3) is 0.786. The van der Waals surface area contributed by atoms with Crippen molar-refractivity contribution in [1.29, 1.82) is 0 Å². The molecule has 6 heteroatoms. The highest BCUT2D eigenvalue weighted by molar-refractivity contribution is 5.77. The van der Waals surface area contributed by atoms with Gasteiger partial charge in [-0.05, 0) is 12.8 Å². The molecule has 0 aromatic carbocycles. The summed E-state index contributed by atoms with van der Waals surface area (Å²) >= 11 is 0. The van der Waals surface area contributed by atoms with E-state index in [9.17, 15) is 4.79 Å². The quantitative estimate of drug-likeness (QED) is 0.888. The van der Waals surface area contributed by atoms with Crippen molar-refractivity contribution in [2.24, 2.45) is 0 Å². The van der Waals surface area contributed by atoms with Gasteiger partial charge in [0.05, 0.1) is 12.1 Å². The highest BCUT2D eigenvalue weighted by atomic mass is 16.2. The summed E-state index contributed by atoms with van der Waals surface area (Å²) in [6.07, 6.45) is 9.79. The minimum atomic E-state index is 0.0793. The number of piperazine rings is 1. The Bertz CT molecular complexity index is 430. The number of aryl methyl sites for hydroxylation is 1. The van der Waals surface area contributed by atoms with Crippen molar-refractivity contribution < 1.29 is 4.79 Å². The highest BCUT2D eigenvalue weighted by Crippen LogP contribution is 2.34. The van der Waals surface area contributed by atoms with Gasteiger partial charge in [0.2, 0.25) is 5.91 Å². The van der Waals surface area contributed by atoms with E-state index in [1.54, 1.807) is 11.0 Å². The van der Waals surface area contributed by atoms with Crippen LogP contribution in [0.25, 0.3) is 0 Å². The molecule has 1 aliphatic heterocycles. The van der Waals surface area contributed by atoms with E-state index in [2.05, 4.69) is 20.3 Å². The fourth-order valence-corrected chi connectivity index (χ4v) is 3.58. The molecule has 2 aliphatic rings. The van der Waals surface area contributed by atoms with Gasteiger partial charge in [0.15, 0.2) is 0 Å². The number of carbonyl (C=O) groups is 1. The molecule has 1 aliphatic carbocycles. The standard InChI is InChI=1S/C14H23N5O/c20-13(4-8-18-12-16-11-17-18)19-9-7-15-10-14(19)5-2-1-3-6-14/h11-12,15H,1-10H2. The Hall–Kier alpha value is -1.43. The van der Waals surface area contributed by atoms with E-state index in [1.807, 2.05) is 0 Å². The van der Waals surface area contributed by atoms with Crippen LogP contribution in [0.1, 0.15) is 38.5 Å². The zero-order chi connectivity index (χ0) is 13.8. The molecule has 1 amide bonds. The van der Waals surface area contributed by atoms with Crippen LogP contribution in [0.15, 0.2) is 12.7 Å². The first kappa shape index (κ1) is 13.5. The van der Waals surface area contributed by atoms with Gasteiger partial charge in [0.1, 0.15) is 12.7 Å². The first-order chi connectivity index (χ1) is 9.80. The number of nitrogens with zero attached hydrogens (tertiary/aromatic N) is 4. The molecule has 3 rings (SSSR count). The number of nitrogens with one attached hydrogen (secondary N) is 1. The van der Waals surface area contributed by atoms with Crippen LogP contribution in [0, 0.1) is 0 Å². The van der Waals surface area contributed by atoms with E-state index < -0.39 is 0 Å². The molecule has 1 saturated carbocycles. The third-order valence-electron chi connectivity index (χ3n) is 4.65. The van der Waals surface area contributed by atoms with Gasteiger partial charge >= 0.3 is 0 Å². The molecule has 1 aromatic heterocycles. The van der Waals surface area contributed by atoms with Crippen LogP contribution in [-0.4, -0.2) is 50.7 Å². The molecule has 1 aromatic rings. The number of aromatic nitrogens is 3. The van der Waals surface area contributed by atoms with Gasteiger partial charge in [0.25, 0.3) is 0 Å². The third-order valence-corrected chi connectivity index (χ3v) is 4.65. The van der Waals surface area contributed by atoms with Gasteiger partial charge in [0, 0.05) is 26.1 Å². The Morgan fingerprint density at radius 1 is 1.30 bits per heavy atom. The minimum Gasteiger partial charge on any atom is -0.334 e. The maximum atomic E-state index is 12.6. The zero-order valence-corrected chi connectivity index (χ0v) is 11.9. The Morgan fingerprint density at radius 2 is 2.15 bits per heavy atom. The van der Waals surface area contributed by atoms with Crippen molar-refractivity contribution >= 4 is 5.91 Å². The molecule has 2 fully saturated rings. The number of hydrogen-bond donors (Lipinski definition) is 1. The average molecular weight is 277 g/mol. The summed E-state index contributed by atoms with van der Waals surface area (Å²) in [7, 11) is 0. The lowest BCUT2D eigenvalue weighted by Crippen LogP contribution is -2.63. The van der Waals surface area contributed by atoms with E-state index in [0.29, 0.717) is 13.0 Å². The van der Waals surface area contributed by atoms with Gasteiger partial charge < -0.3 is 10.2 Å². The second-order valence-electron chi connectivity index (χ2n) is 5.92.